The second-order valence-electron chi connectivity index (χ2n) is 8.76. The number of hydrogen-bond acceptors (Lipinski definition) is 8. The Bertz CT molecular complexity index is 1390. The van der Waals surface area contributed by atoms with Crippen LogP contribution in [-0.2, 0) is 17.5 Å². The molecule has 0 radical (unpaired) electrons. The molecule has 0 spiro atoms. The van der Waals surface area contributed by atoms with Gasteiger partial charge in [-0.3, -0.25) is 0 Å². The Morgan fingerprint density at radius 1 is 0.769 bits per heavy atom. The van der Waals surface area contributed by atoms with Crippen molar-refractivity contribution in [1.82, 2.24) is 15.0 Å². The highest BCUT2D eigenvalue weighted by molar-refractivity contribution is 5.62. The van der Waals surface area contributed by atoms with Gasteiger partial charge in [-0.05, 0) is 60.2 Å². The molecule has 1 aliphatic rings. The van der Waals surface area contributed by atoms with E-state index in [0.29, 0.717) is 25.4 Å². The Labute approximate surface area is 222 Å². The quantitative estimate of drug-likeness (QED) is 0.236. The van der Waals surface area contributed by atoms with Crippen LogP contribution in [0.15, 0.2) is 72.8 Å². The predicted octanol–water partition coefficient (Wildman–Crippen LogP) is 5.97. The molecule has 0 amide bonds. The Morgan fingerprint density at radius 3 is 2.08 bits per heavy atom. The van der Waals surface area contributed by atoms with E-state index in [0.717, 1.165) is 36.5 Å². The second kappa shape index (κ2) is 11.5. The predicted molar refractivity (Wildman–Crippen MR) is 141 cm³/mol. The molecule has 202 valence electrons. The minimum absolute atomic E-state index is 0.0402. The van der Waals surface area contributed by atoms with Crippen molar-refractivity contribution >= 4 is 34.9 Å². The van der Waals surface area contributed by atoms with E-state index in [1.807, 2.05) is 24.3 Å². The summed E-state index contributed by atoms with van der Waals surface area (Å²) in [5.41, 5.74) is 1.94. The Balaban J connectivity index is 1.37. The molecular weight excluding hydrogens is 514 g/mol. The van der Waals surface area contributed by atoms with Gasteiger partial charge in [-0.15, -0.1) is 0 Å². The summed E-state index contributed by atoms with van der Waals surface area (Å²) in [4.78, 5) is 15.3. The van der Waals surface area contributed by atoms with Crippen LogP contribution in [0.25, 0.3) is 0 Å². The van der Waals surface area contributed by atoms with E-state index in [-0.39, 0.29) is 29.3 Å². The highest BCUT2D eigenvalue weighted by Gasteiger charge is 2.30. The largest absolute Gasteiger partial charge is 0.416 e. The number of benzene rings is 3. The molecule has 5 rings (SSSR count). The SMILES string of the molecule is Fc1ccc(CNc2nc(Nc3ccc(N4CCOCC4)cc3)nc(Nc3cccc(C(F)(F)F)c3)n2)cc1. The van der Waals surface area contributed by atoms with Gasteiger partial charge in [0.25, 0.3) is 0 Å². The molecule has 0 bridgehead atoms. The van der Waals surface area contributed by atoms with Crippen molar-refractivity contribution in [2.24, 2.45) is 0 Å². The summed E-state index contributed by atoms with van der Waals surface area (Å²) in [7, 11) is 0. The standard InChI is InChI=1S/C27H25F4N7O/c28-20-6-4-18(5-7-20)17-32-24-35-25(33-21-8-10-23(11-9-21)38-12-14-39-15-13-38)37-26(36-24)34-22-3-1-2-19(16-22)27(29,30)31/h1-11,16H,12-15,17H2,(H3,32,33,34,35,36,37). The molecule has 8 nitrogen and oxygen atoms in total. The zero-order valence-electron chi connectivity index (χ0n) is 20.7. The van der Waals surface area contributed by atoms with E-state index in [2.05, 4.69) is 35.8 Å². The van der Waals surface area contributed by atoms with E-state index in [4.69, 9.17) is 4.74 Å². The minimum Gasteiger partial charge on any atom is -0.378 e. The molecule has 1 fully saturated rings. The summed E-state index contributed by atoms with van der Waals surface area (Å²) in [6.07, 6.45) is -4.49. The Hall–Kier alpha value is -4.45. The van der Waals surface area contributed by atoms with Crippen LogP contribution in [0.3, 0.4) is 0 Å². The van der Waals surface area contributed by atoms with Gasteiger partial charge in [-0.2, -0.15) is 28.1 Å². The molecule has 2 heterocycles. The molecule has 0 atom stereocenters. The number of alkyl halides is 3. The smallest absolute Gasteiger partial charge is 0.378 e. The van der Waals surface area contributed by atoms with Gasteiger partial charge < -0.3 is 25.6 Å². The van der Waals surface area contributed by atoms with Crippen molar-refractivity contribution in [3.05, 3.63) is 89.7 Å². The monoisotopic (exact) mass is 539 g/mol. The molecule has 1 aliphatic heterocycles. The lowest BCUT2D eigenvalue weighted by Crippen LogP contribution is -2.36. The number of halogens is 4. The summed E-state index contributed by atoms with van der Waals surface area (Å²) in [5, 5.41) is 9.01. The number of rotatable bonds is 8. The molecule has 39 heavy (non-hydrogen) atoms. The van der Waals surface area contributed by atoms with Gasteiger partial charge in [-0.25, -0.2) is 4.39 Å². The summed E-state index contributed by atoms with van der Waals surface area (Å²) < 4.78 is 58.2. The van der Waals surface area contributed by atoms with Crippen LogP contribution in [0.5, 0.6) is 0 Å². The summed E-state index contributed by atoms with van der Waals surface area (Å²) in [5.74, 6) is 0.0485. The summed E-state index contributed by atoms with van der Waals surface area (Å²) in [6, 6.07) is 18.4. The first-order valence-corrected chi connectivity index (χ1v) is 12.2. The van der Waals surface area contributed by atoms with Crippen LogP contribution in [0.2, 0.25) is 0 Å². The zero-order valence-corrected chi connectivity index (χ0v) is 20.7. The van der Waals surface area contributed by atoms with Crippen LogP contribution in [0.1, 0.15) is 11.1 Å². The van der Waals surface area contributed by atoms with E-state index in [1.165, 1.54) is 24.3 Å². The van der Waals surface area contributed by atoms with E-state index < -0.39 is 11.7 Å². The van der Waals surface area contributed by atoms with Gasteiger partial charge in [-0.1, -0.05) is 18.2 Å². The molecule has 1 aromatic heterocycles. The molecule has 3 aromatic carbocycles. The average molecular weight is 540 g/mol. The van der Waals surface area contributed by atoms with E-state index >= 15 is 0 Å². The van der Waals surface area contributed by atoms with E-state index in [1.54, 1.807) is 12.1 Å². The van der Waals surface area contributed by atoms with Gasteiger partial charge >= 0.3 is 6.18 Å². The molecule has 0 aliphatic carbocycles. The first-order chi connectivity index (χ1) is 18.8. The van der Waals surface area contributed by atoms with Gasteiger partial charge in [0.15, 0.2) is 0 Å². The van der Waals surface area contributed by atoms with Crippen molar-refractivity contribution < 1.29 is 22.3 Å². The fourth-order valence-corrected chi connectivity index (χ4v) is 3.96. The maximum Gasteiger partial charge on any atom is 0.416 e. The molecule has 12 heteroatoms. The third-order valence-electron chi connectivity index (χ3n) is 5.95. The van der Waals surface area contributed by atoms with Gasteiger partial charge in [0, 0.05) is 36.7 Å². The number of hydrogen-bond donors (Lipinski definition) is 3. The minimum atomic E-state index is -4.49. The number of nitrogens with one attached hydrogen (secondary N) is 3. The first kappa shape index (κ1) is 26.2. The van der Waals surface area contributed by atoms with Crippen LogP contribution in [0.4, 0.5) is 52.5 Å². The van der Waals surface area contributed by atoms with Crippen LogP contribution in [-0.4, -0.2) is 41.3 Å². The molecule has 1 saturated heterocycles. The Kier molecular flexibility index (Phi) is 7.73. The van der Waals surface area contributed by atoms with Crippen LogP contribution >= 0.6 is 0 Å². The van der Waals surface area contributed by atoms with E-state index in [9.17, 15) is 17.6 Å². The third kappa shape index (κ3) is 7.11. The third-order valence-corrected chi connectivity index (χ3v) is 5.95. The van der Waals surface area contributed by atoms with Gasteiger partial charge in [0.1, 0.15) is 5.82 Å². The number of nitrogens with zero attached hydrogens (tertiary/aromatic N) is 4. The fourth-order valence-electron chi connectivity index (χ4n) is 3.96. The number of anilines is 6. The molecular formula is C27H25F4N7O. The molecule has 3 N–H and O–H groups in total. The lowest BCUT2D eigenvalue weighted by atomic mass is 10.2. The van der Waals surface area contributed by atoms with Crippen LogP contribution in [0, 0.1) is 5.82 Å². The highest BCUT2D eigenvalue weighted by Crippen LogP contribution is 2.31. The van der Waals surface area contributed by atoms with Crippen molar-refractivity contribution in [2.75, 3.05) is 47.2 Å². The maximum atomic E-state index is 13.3. The molecule has 0 unspecified atom stereocenters. The highest BCUT2D eigenvalue weighted by atomic mass is 19.4. The van der Waals surface area contributed by atoms with Crippen molar-refractivity contribution in [2.45, 2.75) is 12.7 Å². The van der Waals surface area contributed by atoms with Crippen molar-refractivity contribution in [3.63, 3.8) is 0 Å². The first-order valence-electron chi connectivity index (χ1n) is 12.2. The normalized spacial score (nSPS) is 13.7. The molecule has 0 saturated carbocycles. The average Bonchev–Trinajstić information content (AvgIpc) is 2.93. The van der Waals surface area contributed by atoms with Crippen molar-refractivity contribution in [3.8, 4) is 0 Å². The zero-order chi connectivity index (χ0) is 27.2. The Morgan fingerprint density at radius 2 is 1.41 bits per heavy atom. The van der Waals surface area contributed by atoms with Crippen LogP contribution < -0.4 is 20.9 Å². The fraction of sp³-hybridized carbons (Fsp3) is 0.222. The number of morpholine rings is 1. The maximum absolute atomic E-state index is 13.3. The topological polar surface area (TPSA) is 87.2 Å². The lowest BCUT2D eigenvalue weighted by Gasteiger charge is -2.28. The second-order valence-corrected chi connectivity index (χ2v) is 8.76. The number of ether oxygens (including phenoxy) is 1. The van der Waals surface area contributed by atoms with Crippen molar-refractivity contribution in [1.29, 1.82) is 0 Å². The summed E-state index contributed by atoms with van der Waals surface area (Å²) >= 11 is 0. The summed E-state index contributed by atoms with van der Waals surface area (Å²) in [6.45, 7) is 3.28. The molecule has 4 aromatic rings. The van der Waals surface area contributed by atoms with Gasteiger partial charge in [0.2, 0.25) is 17.8 Å². The number of aromatic nitrogens is 3. The van der Waals surface area contributed by atoms with Gasteiger partial charge in [0.05, 0.1) is 18.8 Å². The lowest BCUT2D eigenvalue weighted by molar-refractivity contribution is -0.137.